The van der Waals surface area contributed by atoms with Crippen molar-refractivity contribution < 1.29 is 9.84 Å². The molecule has 0 amide bonds. The first-order chi connectivity index (χ1) is 8.65. The SMILES string of the molecule is CC(C)Oc1ccc(O)c(CN2CCNCC2)c1. The van der Waals surface area contributed by atoms with E-state index in [1.54, 1.807) is 6.07 Å². The van der Waals surface area contributed by atoms with Crippen LogP contribution in [0.4, 0.5) is 0 Å². The topological polar surface area (TPSA) is 44.7 Å². The first-order valence-corrected chi connectivity index (χ1v) is 6.57. The van der Waals surface area contributed by atoms with Crippen molar-refractivity contribution in [3.8, 4) is 11.5 Å². The van der Waals surface area contributed by atoms with Gasteiger partial charge < -0.3 is 15.2 Å². The zero-order chi connectivity index (χ0) is 13.0. The number of hydrogen-bond acceptors (Lipinski definition) is 4. The van der Waals surface area contributed by atoms with Crippen molar-refractivity contribution >= 4 is 0 Å². The Labute approximate surface area is 109 Å². The number of piperazine rings is 1. The molecule has 1 aromatic rings. The number of nitrogens with one attached hydrogen (secondary N) is 1. The van der Waals surface area contributed by atoms with Crippen LogP contribution in [-0.2, 0) is 6.54 Å². The quantitative estimate of drug-likeness (QED) is 0.851. The molecule has 100 valence electrons. The molecule has 0 saturated carbocycles. The van der Waals surface area contributed by atoms with Gasteiger partial charge in [0.15, 0.2) is 0 Å². The number of ether oxygens (including phenoxy) is 1. The van der Waals surface area contributed by atoms with Gasteiger partial charge in [-0.1, -0.05) is 0 Å². The number of nitrogens with zero attached hydrogens (tertiary/aromatic N) is 1. The smallest absolute Gasteiger partial charge is 0.120 e. The number of benzene rings is 1. The normalized spacial score (nSPS) is 17.1. The monoisotopic (exact) mass is 250 g/mol. The lowest BCUT2D eigenvalue weighted by Crippen LogP contribution is -2.42. The van der Waals surface area contributed by atoms with Gasteiger partial charge in [-0.2, -0.15) is 0 Å². The van der Waals surface area contributed by atoms with Crippen LogP contribution in [0.3, 0.4) is 0 Å². The molecule has 0 bridgehead atoms. The summed E-state index contributed by atoms with van der Waals surface area (Å²) < 4.78 is 5.66. The van der Waals surface area contributed by atoms with Gasteiger partial charge in [-0.15, -0.1) is 0 Å². The second-order valence-electron chi connectivity index (χ2n) is 4.98. The molecule has 0 aliphatic carbocycles. The van der Waals surface area contributed by atoms with Gasteiger partial charge >= 0.3 is 0 Å². The van der Waals surface area contributed by atoms with Crippen LogP contribution in [0, 0.1) is 0 Å². The van der Waals surface area contributed by atoms with Crippen LogP contribution < -0.4 is 10.1 Å². The van der Waals surface area contributed by atoms with Crippen LogP contribution in [0.2, 0.25) is 0 Å². The summed E-state index contributed by atoms with van der Waals surface area (Å²) in [6.45, 7) is 8.86. The third-order valence-electron chi connectivity index (χ3n) is 3.03. The fraction of sp³-hybridized carbons (Fsp3) is 0.571. The first kappa shape index (κ1) is 13.2. The van der Waals surface area contributed by atoms with Gasteiger partial charge in [0, 0.05) is 38.3 Å². The van der Waals surface area contributed by atoms with Crippen LogP contribution in [0.25, 0.3) is 0 Å². The lowest BCUT2D eigenvalue weighted by molar-refractivity contribution is 0.227. The predicted molar refractivity (Wildman–Crippen MR) is 72.0 cm³/mol. The van der Waals surface area contributed by atoms with Gasteiger partial charge in [0.2, 0.25) is 0 Å². The highest BCUT2D eigenvalue weighted by molar-refractivity contribution is 5.39. The molecular formula is C14H22N2O2. The van der Waals surface area contributed by atoms with Gasteiger partial charge in [0.05, 0.1) is 6.10 Å². The van der Waals surface area contributed by atoms with Crippen molar-refractivity contribution in [2.45, 2.75) is 26.5 Å². The molecule has 0 spiro atoms. The Bertz CT molecular complexity index is 387. The molecule has 1 aliphatic rings. The summed E-state index contributed by atoms with van der Waals surface area (Å²) in [6.07, 6.45) is 0.154. The third kappa shape index (κ3) is 3.62. The average Bonchev–Trinajstić information content (AvgIpc) is 2.34. The van der Waals surface area contributed by atoms with Crippen LogP contribution >= 0.6 is 0 Å². The average molecular weight is 250 g/mol. The van der Waals surface area contributed by atoms with Crippen molar-refractivity contribution in [1.82, 2.24) is 10.2 Å². The number of hydrogen-bond donors (Lipinski definition) is 2. The summed E-state index contributed by atoms with van der Waals surface area (Å²) in [6, 6.07) is 5.48. The zero-order valence-electron chi connectivity index (χ0n) is 11.1. The molecule has 1 saturated heterocycles. The van der Waals surface area contributed by atoms with Gasteiger partial charge in [0.1, 0.15) is 11.5 Å². The number of phenols is 1. The lowest BCUT2D eigenvalue weighted by atomic mass is 10.1. The minimum Gasteiger partial charge on any atom is -0.508 e. The molecule has 4 heteroatoms. The first-order valence-electron chi connectivity index (χ1n) is 6.57. The molecule has 1 aromatic carbocycles. The molecule has 4 nitrogen and oxygen atoms in total. The van der Waals surface area contributed by atoms with Crippen LogP contribution in [0.5, 0.6) is 11.5 Å². The van der Waals surface area contributed by atoms with E-state index in [2.05, 4.69) is 10.2 Å². The van der Waals surface area contributed by atoms with Gasteiger partial charge in [-0.25, -0.2) is 0 Å². The van der Waals surface area contributed by atoms with E-state index in [-0.39, 0.29) is 6.10 Å². The molecular weight excluding hydrogens is 228 g/mol. The second-order valence-corrected chi connectivity index (χ2v) is 4.98. The van der Waals surface area contributed by atoms with E-state index in [1.807, 2.05) is 26.0 Å². The third-order valence-corrected chi connectivity index (χ3v) is 3.03. The summed E-state index contributed by atoms with van der Waals surface area (Å²) in [5, 5.41) is 13.2. The summed E-state index contributed by atoms with van der Waals surface area (Å²) in [5.41, 5.74) is 0.940. The summed E-state index contributed by atoms with van der Waals surface area (Å²) in [7, 11) is 0. The maximum Gasteiger partial charge on any atom is 0.120 e. The van der Waals surface area contributed by atoms with Crippen LogP contribution in [0.1, 0.15) is 19.4 Å². The Morgan fingerprint density at radius 2 is 2.06 bits per heavy atom. The molecule has 0 radical (unpaired) electrons. The molecule has 1 heterocycles. The Morgan fingerprint density at radius 1 is 1.33 bits per heavy atom. The minimum absolute atomic E-state index is 0.154. The Kier molecular flexibility index (Phi) is 4.44. The van der Waals surface area contributed by atoms with E-state index >= 15 is 0 Å². The van der Waals surface area contributed by atoms with E-state index in [0.717, 1.165) is 44.0 Å². The van der Waals surface area contributed by atoms with E-state index in [1.165, 1.54) is 0 Å². The Hall–Kier alpha value is -1.26. The standard InChI is InChI=1S/C14H22N2O2/c1-11(2)18-13-3-4-14(17)12(9-13)10-16-7-5-15-6-8-16/h3-4,9,11,15,17H,5-8,10H2,1-2H3. The van der Waals surface area contributed by atoms with Gasteiger partial charge in [-0.3, -0.25) is 4.90 Å². The summed E-state index contributed by atoms with van der Waals surface area (Å²) >= 11 is 0. The van der Waals surface area contributed by atoms with Crippen molar-refractivity contribution in [1.29, 1.82) is 0 Å². The van der Waals surface area contributed by atoms with Crippen LogP contribution in [0.15, 0.2) is 18.2 Å². The highest BCUT2D eigenvalue weighted by Gasteiger charge is 2.13. The highest BCUT2D eigenvalue weighted by Crippen LogP contribution is 2.25. The Balaban J connectivity index is 2.05. The van der Waals surface area contributed by atoms with Gasteiger partial charge in [-0.05, 0) is 32.0 Å². The molecule has 1 aliphatic heterocycles. The predicted octanol–water partition coefficient (Wildman–Crippen LogP) is 1.58. The fourth-order valence-corrected chi connectivity index (χ4v) is 2.14. The molecule has 0 atom stereocenters. The largest absolute Gasteiger partial charge is 0.508 e. The highest BCUT2D eigenvalue weighted by atomic mass is 16.5. The van der Waals surface area contributed by atoms with E-state index in [4.69, 9.17) is 4.74 Å². The van der Waals surface area contributed by atoms with E-state index in [9.17, 15) is 5.11 Å². The molecule has 18 heavy (non-hydrogen) atoms. The van der Waals surface area contributed by atoms with Crippen LogP contribution in [-0.4, -0.2) is 42.3 Å². The Morgan fingerprint density at radius 3 is 2.72 bits per heavy atom. The van der Waals surface area contributed by atoms with Gasteiger partial charge in [0.25, 0.3) is 0 Å². The maximum atomic E-state index is 9.90. The van der Waals surface area contributed by atoms with Crippen molar-refractivity contribution in [2.75, 3.05) is 26.2 Å². The summed E-state index contributed by atoms with van der Waals surface area (Å²) in [5.74, 6) is 1.18. The molecule has 1 fully saturated rings. The maximum absolute atomic E-state index is 9.90. The minimum atomic E-state index is 0.154. The molecule has 0 unspecified atom stereocenters. The van der Waals surface area contributed by atoms with Crippen molar-refractivity contribution in [2.24, 2.45) is 0 Å². The number of phenolic OH excluding ortho intramolecular Hbond substituents is 1. The molecule has 0 aromatic heterocycles. The summed E-state index contributed by atoms with van der Waals surface area (Å²) in [4.78, 5) is 2.34. The van der Waals surface area contributed by atoms with Crippen molar-refractivity contribution in [3.05, 3.63) is 23.8 Å². The zero-order valence-corrected chi connectivity index (χ0v) is 11.1. The number of rotatable bonds is 4. The number of aromatic hydroxyl groups is 1. The second kappa shape index (κ2) is 6.07. The fourth-order valence-electron chi connectivity index (χ4n) is 2.14. The molecule has 2 N–H and O–H groups in total. The van der Waals surface area contributed by atoms with E-state index in [0.29, 0.717) is 5.75 Å². The lowest BCUT2D eigenvalue weighted by Gasteiger charge is -2.27. The van der Waals surface area contributed by atoms with E-state index < -0.39 is 0 Å². The molecule has 2 rings (SSSR count). The van der Waals surface area contributed by atoms with Crippen molar-refractivity contribution in [3.63, 3.8) is 0 Å².